The van der Waals surface area contributed by atoms with E-state index in [0.29, 0.717) is 29.1 Å². The lowest BCUT2D eigenvalue weighted by molar-refractivity contribution is -0.201. The number of nitrogens with one attached hydrogen (secondary N) is 2. The summed E-state index contributed by atoms with van der Waals surface area (Å²) < 4.78 is 29.7. The van der Waals surface area contributed by atoms with Gasteiger partial charge in [-0.1, -0.05) is 61.9 Å². The number of allylic oxidation sites excluding steroid dienone is 1. The molecule has 2 amide bonds. The molecule has 4 saturated heterocycles. The molecule has 340 valence electrons. The maximum Gasteiger partial charge on any atom is 0.327 e. The quantitative estimate of drug-likeness (QED) is 0.180. The zero-order valence-corrected chi connectivity index (χ0v) is 37.4. The average Bonchev–Trinajstić information content (AvgIpc) is 3.50. The first-order chi connectivity index (χ1) is 30.0. The van der Waals surface area contributed by atoms with Gasteiger partial charge in [0, 0.05) is 24.9 Å². The van der Waals surface area contributed by atoms with Crippen LogP contribution < -0.4 is 10.6 Å². The lowest BCUT2D eigenvalue weighted by atomic mass is 9.52. The normalized spacial score (nSPS) is 35.0. The molecule has 2 aromatic carbocycles. The summed E-state index contributed by atoms with van der Waals surface area (Å²) in [6.07, 6.45) is 5.75. The molecule has 4 heterocycles. The topological polar surface area (TPSA) is 174 Å². The van der Waals surface area contributed by atoms with Crippen LogP contribution in [0.25, 0.3) is 6.08 Å². The van der Waals surface area contributed by atoms with Crippen molar-refractivity contribution in [1.82, 2.24) is 15.7 Å². The fourth-order valence-corrected chi connectivity index (χ4v) is 11.6. The van der Waals surface area contributed by atoms with Crippen molar-refractivity contribution in [2.75, 3.05) is 13.4 Å². The number of esters is 2. The molecule has 0 radical (unpaired) electrons. The van der Waals surface area contributed by atoms with Crippen LogP contribution in [0.2, 0.25) is 0 Å². The molecule has 0 aromatic heterocycles. The lowest BCUT2D eigenvalue weighted by Crippen LogP contribution is -2.69. The summed E-state index contributed by atoms with van der Waals surface area (Å²) in [7, 11) is 0. The van der Waals surface area contributed by atoms with E-state index in [-0.39, 0.29) is 62.7 Å². The molecule has 7 aliphatic rings. The van der Waals surface area contributed by atoms with Gasteiger partial charge >= 0.3 is 11.9 Å². The van der Waals surface area contributed by atoms with Crippen LogP contribution in [-0.4, -0.2) is 101 Å². The number of hydrogen-bond donors (Lipinski definition) is 3. The first-order valence-corrected chi connectivity index (χ1v) is 22.8. The molecule has 11 atom stereocenters. The van der Waals surface area contributed by atoms with Gasteiger partial charge in [-0.25, -0.2) is 0 Å². The number of nitrogens with zero attached hydrogens (tertiary/aromatic N) is 1. The molecule has 2 aromatic rings. The summed E-state index contributed by atoms with van der Waals surface area (Å²) in [5.41, 5.74) is 2.74. The Morgan fingerprint density at radius 3 is 2.60 bits per heavy atom. The second-order valence-electron chi connectivity index (χ2n) is 20.8. The number of carbonyl (C=O) groups is 4. The molecule has 9 rings (SSSR count). The van der Waals surface area contributed by atoms with E-state index < -0.39 is 65.4 Å². The molecule has 63 heavy (non-hydrogen) atoms. The largest absolute Gasteiger partial charge is 0.460 e. The predicted molar refractivity (Wildman–Crippen MR) is 229 cm³/mol. The zero-order valence-electron chi connectivity index (χ0n) is 37.4. The third kappa shape index (κ3) is 8.47. The van der Waals surface area contributed by atoms with Crippen molar-refractivity contribution in [3.05, 3.63) is 76.4 Å². The molecule has 14 nitrogen and oxygen atoms in total. The van der Waals surface area contributed by atoms with Crippen molar-refractivity contribution >= 4 is 29.8 Å². The molecule has 14 heteroatoms. The Kier molecular flexibility index (Phi) is 11.7. The highest BCUT2D eigenvalue weighted by molar-refractivity contribution is 5.95. The lowest BCUT2D eigenvalue weighted by Gasteiger charge is -2.53. The van der Waals surface area contributed by atoms with E-state index in [0.717, 1.165) is 43.2 Å². The number of carbonyl (C=O) groups excluding carboxylic acids is 4. The monoisotopic (exact) mass is 869 g/mol. The summed E-state index contributed by atoms with van der Waals surface area (Å²) in [6.45, 7) is 12.3. The highest BCUT2D eigenvalue weighted by Gasteiger charge is 2.74. The fraction of sp³-hybridized carbons (Fsp3) is 0.633. The second kappa shape index (κ2) is 16.7. The number of ether oxygens (including phenoxy) is 5. The summed E-state index contributed by atoms with van der Waals surface area (Å²) in [6, 6.07) is 13.3. The predicted octanol–water partition coefficient (Wildman–Crippen LogP) is 5.53. The fourth-order valence-electron chi connectivity index (χ4n) is 11.6. The number of aliphatic hydroxyl groups is 1. The highest BCUT2D eigenvalue weighted by atomic mass is 16.8. The Morgan fingerprint density at radius 1 is 1.03 bits per heavy atom. The van der Waals surface area contributed by atoms with E-state index in [1.54, 1.807) is 50.1 Å². The van der Waals surface area contributed by atoms with Gasteiger partial charge < -0.3 is 39.4 Å². The molecule has 0 spiro atoms. The van der Waals surface area contributed by atoms with Crippen LogP contribution in [-0.2, 0) is 56.0 Å². The third-order valence-electron chi connectivity index (χ3n) is 14.9. The van der Waals surface area contributed by atoms with Gasteiger partial charge in [-0.15, -0.1) is 0 Å². The average molecular weight is 870 g/mol. The minimum Gasteiger partial charge on any atom is -0.460 e. The molecule has 1 unspecified atom stereocenters. The molecule has 7 fully saturated rings. The van der Waals surface area contributed by atoms with E-state index >= 15 is 0 Å². The molecule has 3 saturated carbocycles. The van der Waals surface area contributed by atoms with Gasteiger partial charge in [-0.05, 0) is 112 Å². The van der Waals surface area contributed by atoms with Crippen molar-refractivity contribution in [3.8, 4) is 0 Å². The Bertz CT molecular complexity index is 2150. The first-order valence-electron chi connectivity index (χ1n) is 22.8. The van der Waals surface area contributed by atoms with E-state index in [9.17, 15) is 24.3 Å². The summed E-state index contributed by atoms with van der Waals surface area (Å²) >= 11 is 0. The SMILES string of the molecule is CC(C)(C)OC(=O)CC[C@@H](CO)NC(=O)c1cccc(CNC(=O)[C@@]23C[C@H]4OC(=O)[C@@H]2N(Cc2ccccc2C=C2CCC5O[C@]5(C)CC[C@@H]5[C@@H]2CC5(C)C)O[C@@H]3[C@H]2OCO[C@H]24)c1. The molecule has 3 aliphatic carbocycles. The molecular formula is C49H63N3O11. The smallest absolute Gasteiger partial charge is 0.327 e. The van der Waals surface area contributed by atoms with Crippen LogP contribution >= 0.6 is 0 Å². The van der Waals surface area contributed by atoms with Crippen molar-refractivity contribution in [2.45, 2.75) is 160 Å². The minimum absolute atomic E-state index is 0.000965. The van der Waals surface area contributed by atoms with Crippen LogP contribution in [0.5, 0.6) is 0 Å². The van der Waals surface area contributed by atoms with E-state index in [1.807, 2.05) is 12.1 Å². The maximum absolute atomic E-state index is 14.8. The van der Waals surface area contributed by atoms with Crippen molar-refractivity contribution < 1.29 is 52.8 Å². The van der Waals surface area contributed by atoms with Gasteiger partial charge in [0.25, 0.3) is 5.91 Å². The van der Waals surface area contributed by atoms with Gasteiger partial charge in [0.05, 0.1) is 30.9 Å². The number of fused-ring (bicyclic) bond motifs is 6. The Hall–Kier alpha value is -4.18. The second-order valence-corrected chi connectivity index (χ2v) is 20.8. The van der Waals surface area contributed by atoms with E-state index in [1.165, 1.54) is 5.57 Å². The number of aliphatic hydroxyl groups excluding tert-OH is 1. The van der Waals surface area contributed by atoms with Crippen LogP contribution in [0.1, 0.15) is 120 Å². The molecule has 4 aliphatic heterocycles. The van der Waals surface area contributed by atoms with Gasteiger partial charge in [0.15, 0.2) is 6.04 Å². The molecular weight excluding hydrogens is 807 g/mol. The Labute approximate surface area is 369 Å². The number of hydrogen-bond acceptors (Lipinski definition) is 12. The van der Waals surface area contributed by atoms with Gasteiger partial charge in [0.2, 0.25) is 5.91 Å². The van der Waals surface area contributed by atoms with Gasteiger partial charge in [-0.2, -0.15) is 5.06 Å². The standard InChI is InChI=1S/C49H63N3O11/c1-46(2,3)62-38(54)17-15-33(26-53)51-43(55)31-13-9-10-28(20-31)24-50-45(57)49-23-36-39-40(59-27-58-39)42(49)63-52(41(49)44(56)60-36)25-32-12-8-7-11-29(32)21-30-14-16-37-48(6,61-37)19-18-35-34(30)22-47(35,4)5/h7-13,20-21,33-37,39-42,53H,14-19,22-27H2,1-6H3,(H,50,57)(H,51,55)/t33-,34+,35+,36+,37?,39-,40-,41-,42+,48+,49-/m0/s1. The highest BCUT2D eigenvalue weighted by Crippen LogP contribution is 2.60. The number of benzene rings is 2. The summed E-state index contributed by atoms with van der Waals surface area (Å²) in [4.78, 5) is 61.3. The number of rotatable bonds is 12. The van der Waals surface area contributed by atoms with Crippen LogP contribution in [0.4, 0.5) is 0 Å². The zero-order chi connectivity index (χ0) is 44.5. The van der Waals surface area contributed by atoms with Crippen molar-refractivity contribution in [1.29, 1.82) is 0 Å². The minimum atomic E-state index is -1.35. The Balaban J connectivity index is 0.927. The van der Waals surface area contributed by atoms with Crippen molar-refractivity contribution in [3.63, 3.8) is 0 Å². The summed E-state index contributed by atoms with van der Waals surface area (Å²) in [5, 5.41) is 17.5. The Morgan fingerprint density at radius 2 is 1.83 bits per heavy atom. The van der Waals surface area contributed by atoms with E-state index in [2.05, 4.69) is 49.6 Å². The van der Waals surface area contributed by atoms with Crippen LogP contribution in [0, 0.1) is 22.7 Å². The number of epoxide rings is 1. The van der Waals surface area contributed by atoms with Gasteiger partial charge in [-0.3, -0.25) is 24.0 Å². The maximum atomic E-state index is 14.8. The number of amides is 2. The van der Waals surface area contributed by atoms with E-state index in [4.69, 9.17) is 28.5 Å². The number of hydroxylamine groups is 2. The summed E-state index contributed by atoms with van der Waals surface area (Å²) in [5.74, 6) is -0.660. The molecule has 2 bridgehead atoms. The van der Waals surface area contributed by atoms with Gasteiger partial charge in [0.1, 0.15) is 42.2 Å². The first kappa shape index (κ1) is 44.0. The third-order valence-corrected chi connectivity index (χ3v) is 14.9. The van der Waals surface area contributed by atoms with Crippen molar-refractivity contribution in [2.24, 2.45) is 22.7 Å². The molecule has 3 N–H and O–H groups in total. The van der Waals surface area contributed by atoms with Crippen LogP contribution in [0.3, 0.4) is 0 Å². The van der Waals surface area contributed by atoms with Crippen LogP contribution in [0.15, 0.2) is 54.1 Å².